The number of ether oxygens (including phenoxy) is 1. The molecule has 1 aliphatic rings. The third-order valence-electron chi connectivity index (χ3n) is 3.99. The van der Waals surface area contributed by atoms with Crippen LogP contribution >= 0.6 is 0 Å². The Morgan fingerprint density at radius 3 is 2.55 bits per heavy atom. The molecule has 0 bridgehead atoms. The van der Waals surface area contributed by atoms with Gasteiger partial charge in [-0.15, -0.1) is 0 Å². The van der Waals surface area contributed by atoms with Crippen LogP contribution in [0.1, 0.15) is 60.8 Å². The molecule has 0 saturated carbocycles. The van der Waals surface area contributed by atoms with Crippen LogP contribution in [0.3, 0.4) is 0 Å². The third kappa shape index (κ3) is 6.53. The van der Waals surface area contributed by atoms with E-state index in [-0.39, 0.29) is 24.2 Å². The Kier molecular flexibility index (Phi) is 6.68. The molecular weight excluding hydrogens is 280 g/mol. The average molecular weight is 314 g/mol. The highest BCUT2D eigenvalue weighted by Crippen LogP contribution is 2.24. The molecule has 2 unspecified atom stereocenters. The van der Waals surface area contributed by atoms with Gasteiger partial charge < -0.3 is 20.1 Å². The number of amides is 1. The summed E-state index contributed by atoms with van der Waals surface area (Å²) in [4.78, 5) is 14.1. The number of nitrogens with one attached hydrogen (secondary N) is 1. The van der Waals surface area contributed by atoms with Crippen molar-refractivity contribution in [2.75, 3.05) is 19.7 Å². The van der Waals surface area contributed by atoms with Crippen molar-refractivity contribution in [3.63, 3.8) is 0 Å². The second kappa shape index (κ2) is 7.64. The molecule has 1 heterocycles. The van der Waals surface area contributed by atoms with Crippen LogP contribution in [-0.4, -0.2) is 53.5 Å². The number of carbonyl (C=O) groups excluding carboxylic acids is 1. The van der Waals surface area contributed by atoms with Gasteiger partial charge in [0.25, 0.3) is 0 Å². The molecule has 5 heteroatoms. The largest absolute Gasteiger partial charge is 0.444 e. The first-order valence-electron chi connectivity index (χ1n) is 8.38. The van der Waals surface area contributed by atoms with E-state index in [9.17, 15) is 9.90 Å². The molecule has 1 rings (SSSR count). The minimum absolute atomic E-state index is 0.116. The number of nitrogens with zero attached hydrogens (tertiary/aromatic N) is 1. The first-order valence-corrected chi connectivity index (χ1v) is 8.38. The Morgan fingerprint density at radius 1 is 1.36 bits per heavy atom. The Balaban J connectivity index is 2.48. The number of aliphatic hydroxyl groups excluding tert-OH is 1. The van der Waals surface area contributed by atoms with Gasteiger partial charge >= 0.3 is 6.09 Å². The molecule has 1 fully saturated rings. The van der Waals surface area contributed by atoms with E-state index in [0.717, 1.165) is 32.4 Å². The van der Waals surface area contributed by atoms with Crippen LogP contribution in [0, 0.1) is 5.41 Å². The topological polar surface area (TPSA) is 61.8 Å². The van der Waals surface area contributed by atoms with E-state index in [2.05, 4.69) is 12.2 Å². The molecule has 130 valence electrons. The summed E-state index contributed by atoms with van der Waals surface area (Å²) in [6, 6.07) is 0.549. The van der Waals surface area contributed by atoms with Crippen LogP contribution in [-0.2, 0) is 4.74 Å². The zero-order valence-corrected chi connectivity index (χ0v) is 15.1. The van der Waals surface area contributed by atoms with Gasteiger partial charge in [-0.2, -0.15) is 0 Å². The molecule has 0 radical (unpaired) electrons. The fourth-order valence-electron chi connectivity index (χ4n) is 2.64. The van der Waals surface area contributed by atoms with Gasteiger partial charge in [0.05, 0.1) is 0 Å². The van der Waals surface area contributed by atoms with Gasteiger partial charge in [-0.1, -0.05) is 13.8 Å². The number of aliphatic hydroxyl groups is 1. The monoisotopic (exact) mass is 314 g/mol. The zero-order valence-electron chi connectivity index (χ0n) is 15.1. The van der Waals surface area contributed by atoms with Crippen LogP contribution < -0.4 is 5.32 Å². The highest BCUT2D eigenvalue weighted by atomic mass is 16.6. The second-order valence-corrected chi connectivity index (χ2v) is 8.31. The van der Waals surface area contributed by atoms with Gasteiger partial charge in [-0.25, -0.2) is 4.79 Å². The van der Waals surface area contributed by atoms with Crippen LogP contribution in [0.5, 0.6) is 0 Å². The van der Waals surface area contributed by atoms with Crippen molar-refractivity contribution >= 4 is 6.09 Å². The molecule has 22 heavy (non-hydrogen) atoms. The first-order chi connectivity index (χ1) is 10.0. The maximum Gasteiger partial charge on any atom is 0.410 e. The molecule has 1 saturated heterocycles. The molecule has 0 aromatic carbocycles. The van der Waals surface area contributed by atoms with Crippen LogP contribution in [0.2, 0.25) is 0 Å². The highest BCUT2D eigenvalue weighted by molar-refractivity contribution is 5.68. The molecule has 0 aromatic rings. The summed E-state index contributed by atoms with van der Waals surface area (Å²) < 4.78 is 5.50. The van der Waals surface area contributed by atoms with Crippen molar-refractivity contribution in [2.45, 2.75) is 78.5 Å². The molecule has 2 atom stereocenters. The van der Waals surface area contributed by atoms with Crippen LogP contribution in [0.15, 0.2) is 0 Å². The fraction of sp³-hybridized carbons (Fsp3) is 0.941. The van der Waals surface area contributed by atoms with Gasteiger partial charge in [-0.05, 0) is 47.0 Å². The summed E-state index contributed by atoms with van der Waals surface area (Å²) in [7, 11) is 0. The lowest BCUT2D eigenvalue weighted by molar-refractivity contribution is 0.0213. The smallest absolute Gasteiger partial charge is 0.410 e. The number of carbonyl (C=O) groups is 1. The van der Waals surface area contributed by atoms with E-state index in [1.807, 2.05) is 39.5 Å². The van der Waals surface area contributed by atoms with E-state index < -0.39 is 5.60 Å². The first kappa shape index (κ1) is 19.2. The summed E-state index contributed by atoms with van der Waals surface area (Å²) in [5.41, 5.74) is -0.561. The summed E-state index contributed by atoms with van der Waals surface area (Å²) in [5.74, 6) is 0. The molecular formula is C17H34N2O3. The van der Waals surface area contributed by atoms with Crippen molar-refractivity contribution in [2.24, 2.45) is 5.41 Å². The Hall–Kier alpha value is -0.810. The average Bonchev–Trinajstić information content (AvgIpc) is 2.83. The molecule has 2 N–H and O–H groups in total. The zero-order chi connectivity index (χ0) is 17.0. The fourth-order valence-corrected chi connectivity index (χ4v) is 2.64. The lowest BCUT2D eigenvalue weighted by atomic mass is 9.94. The summed E-state index contributed by atoms with van der Waals surface area (Å²) in [6.45, 7) is 13.6. The highest BCUT2D eigenvalue weighted by Gasteiger charge is 2.33. The van der Waals surface area contributed by atoms with Crippen molar-refractivity contribution in [3.05, 3.63) is 0 Å². The van der Waals surface area contributed by atoms with Gasteiger partial charge in [0.1, 0.15) is 5.60 Å². The Bertz CT molecular complexity index is 363. The lowest BCUT2D eigenvalue weighted by Crippen LogP contribution is -2.44. The van der Waals surface area contributed by atoms with Crippen molar-refractivity contribution < 1.29 is 14.6 Å². The predicted octanol–water partition coefficient (Wildman–Crippen LogP) is 2.77. The van der Waals surface area contributed by atoms with E-state index in [0.29, 0.717) is 6.04 Å². The number of likely N-dealkylation sites (tertiary alicyclic amines) is 1. The van der Waals surface area contributed by atoms with Gasteiger partial charge in [0.2, 0.25) is 0 Å². The SMILES string of the molecule is CC(CC1CCCN1C(=O)OC(C)(C)C)NCC(C)(C)CO. The van der Waals surface area contributed by atoms with Gasteiger partial charge in [-0.3, -0.25) is 0 Å². The normalized spacial score (nSPS) is 21.0. The maximum atomic E-state index is 12.3. The Morgan fingerprint density at radius 2 is 2.00 bits per heavy atom. The van der Waals surface area contributed by atoms with E-state index in [1.54, 1.807) is 0 Å². The Labute approximate surface area is 135 Å². The van der Waals surface area contributed by atoms with E-state index in [4.69, 9.17) is 4.74 Å². The molecule has 0 spiro atoms. The summed E-state index contributed by atoms with van der Waals surface area (Å²) in [5, 5.41) is 12.8. The number of rotatable bonds is 6. The number of hydrogen-bond acceptors (Lipinski definition) is 4. The summed E-state index contributed by atoms with van der Waals surface area (Å²) >= 11 is 0. The molecule has 1 aliphatic heterocycles. The maximum absolute atomic E-state index is 12.3. The third-order valence-corrected chi connectivity index (χ3v) is 3.99. The quantitative estimate of drug-likeness (QED) is 0.791. The standard InChI is InChI=1S/C17H34N2O3/c1-13(18-11-17(5,6)12-20)10-14-8-7-9-19(14)15(21)22-16(2,3)4/h13-14,18,20H,7-12H2,1-6H3. The van der Waals surface area contributed by atoms with Crippen molar-refractivity contribution in [1.29, 1.82) is 0 Å². The second-order valence-electron chi connectivity index (χ2n) is 8.31. The minimum Gasteiger partial charge on any atom is -0.444 e. The van der Waals surface area contributed by atoms with Gasteiger partial charge in [0, 0.05) is 37.2 Å². The van der Waals surface area contributed by atoms with Gasteiger partial charge in [0.15, 0.2) is 0 Å². The minimum atomic E-state index is -0.445. The van der Waals surface area contributed by atoms with E-state index >= 15 is 0 Å². The molecule has 0 aromatic heterocycles. The van der Waals surface area contributed by atoms with E-state index in [1.165, 1.54) is 0 Å². The molecule has 0 aliphatic carbocycles. The molecule has 5 nitrogen and oxygen atoms in total. The van der Waals surface area contributed by atoms with Crippen molar-refractivity contribution in [1.82, 2.24) is 10.2 Å². The van der Waals surface area contributed by atoms with Crippen LogP contribution in [0.25, 0.3) is 0 Å². The van der Waals surface area contributed by atoms with Crippen LogP contribution in [0.4, 0.5) is 4.79 Å². The lowest BCUT2D eigenvalue weighted by Gasteiger charge is -2.31. The number of hydrogen-bond donors (Lipinski definition) is 2. The predicted molar refractivity (Wildman–Crippen MR) is 88.9 cm³/mol. The van der Waals surface area contributed by atoms with Crippen molar-refractivity contribution in [3.8, 4) is 0 Å². The molecule has 1 amide bonds. The summed E-state index contributed by atoms with van der Waals surface area (Å²) in [6.07, 6.45) is 2.80.